The van der Waals surface area contributed by atoms with Gasteiger partial charge >= 0.3 is 0 Å². The van der Waals surface area contributed by atoms with E-state index in [1.165, 1.54) is 20.3 Å². The monoisotopic (exact) mass is 484 g/mol. The quantitative estimate of drug-likeness (QED) is 0.442. The molecule has 0 fully saturated rings. The number of carbonyl (C=O) groups is 1. The van der Waals surface area contributed by atoms with Crippen LogP contribution in [0.4, 0.5) is 11.4 Å². The van der Waals surface area contributed by atoms with Gasteiger partial charge in [0.2, 0.25) is 15.7 Å². The van der Waals surface area contributed by atoms with Gasteiger partial charge in [0.25, 0.3) is 0 Å². The fourth-order valence-electron chi connectivity index (χ4n) is 3.27. The summed E-state index contributed by atoms with van der Waals surface area (Å²) in [5.74, 6) is 1.08. The second kappa shape index (κ2) is 10.9. The number of benzene rings is 3. The van der Waals surface area contributed by atoms with E-state index in [0.29, 0.717) is 35.2 Å². The van der Waals surface area contributed by atoms with Gasteiger partial charge in [0, 0.05) is 17.8 Å². The third kappa shape index (κ3) is 5.79. The van der Waals surface area contributed by atoms with Crippen molar-refractivity contribution in [1.82, 2.24) is 0 Å². The van der Waals surface area contributed by atoms with Gasteiger partial charge in [0.1, 0.15) is 5.75 Å². The van der Waals surface area contributed by atoms with E-state index in [1.807, 2.05) is 13.8 Å². The van der Waals surface area contributed by atoms with Crippen LogP contribution >= 0.6 is 0 Å². The Kier molecular flexibility index (Phi) is 8.01. The van der Waals surface area contributed by atoms with E-state index in [2.05, 4.69) is 10.6 Å². The van der Waals surface area contributed by atoms with Crippen LogP contribution < -0.4 is 24.8 Å². The fourth-order valence-corrected chi connectivity index (χ4v) is 4.72. The van der Waals surface area contributed by atoms with E-state index >= 15 is 0 Å². The number of amides is 1. The van der Waals surface area contributed by atoms with Crippen LogP contribution in [0.3, 0.4) is 0 Å². The molecule has 3 aromatic carbocycles. The Morgan fingerprint density at radius 2 is 1.62 bits per heavy atom. The number of ether oxygens (including phenoxy) is 3. The smallest absolute Gasteiger partial charge is 0.243 e. The highest BCUT2D eigenvalue weighted by Crippen LogP contribution is 2.32. The summed E-state index contributed by atoms with van der Waals surface area (Å²) in [5.41, 5.74) is 1.77. The Labute approximate surface area is 199 Å². The van der Waals surface area contributed by atoms with Crippen molar-refractivity contribution in [2.24, 2.45) is 0 Å². The normalized spacial score (nSPS) is 10.9. The average Bonchev–Trinajstić information content (AvgIpc) is 2.83. The van der Waals surface area contributed by atoms with Crippen LogP contribution in [0, 0.1) is 6.92 Å². The number of rotatable bonds is 10. The van der Waals surface area contributed by atoms with Crippen LogP contribution in [0.15, 0.2) is 70.5 Å². The van der Waals surface area contributed by atoms with Gasteiger partial charge in [-0.3, -0.25) is 4.79 Å². The summed E-state index contributed by atoms with van der Waals surface area (Å²) in [7, 11) is -0.822. The van der Waals surface area contributed by atoms with Crippen molar-refractivity contribution in [3.8, 4) is 17.2 Å². The lowest BCUT2D eigenvalue weighted by Gasteiger charge is -2.15. The van der Waals surface area contributed by atoms with Gasteiger partial charge in [-0.15, -0.1) is 0 Å². The summed E-state index contributed by atoms with van der Waals surface area (Å²) >= 11 is 0. The maximum atomic E-state index is 13.4. The molecule has 0 bridgehead atoms. The van der Waals surface area contributed by atoms with Crippen LogP contribution in [0.5, 0.6) is 17.2 Å². The van der Waals surface area contributed by atoms with E-state index in [0.717, 1.165) is 5.56 Å². The number of anilines is 2. The SMILES string of the molecule is CCOc1ccc(NCC(=O)Nc2ccc(OC)c(OC)c2)c(S(=O)(=O)c2ccc(C)cc2)c1. The summed E-state index contributed by atoms with van der Waals surface area (Å²) in [6.07, 6.45) is 0. The van der Waals surface area contributed by atoms with Gasteiger partial charge in [-0.05, 0) is 50.2 Å². The number of carbonyl (C=O) groups excluding carboxylic acids is 1. The highest BCUT2D eigenvalue weighted by Gasteiger charge is 2.23. The van der Waals surface area contributed by atoms with E-state index in [1.54, 1.807) is 54.6 Å². The molecule has 0 aromatic heterocycles. The first-order chi connectivity index (χ1) is 16.3. The lowest BCUT2D eigenvalue weighted by atomic mass is 10.2. The van der Waals surface area contributed by atoms with Crippen molar-refractivity contribution in [1.29, 1.82) is 0 Å². The Bertz CT molecular complexity index is 1260. The summed E-state index contributed by atoms with van der Waals surface area (Å²) < 4.78 is 42.7. The highest BCUT2D eigenvalue weighted by atomic mass is 32.2. The molecular weight excluding hydrogens is 456 g/mol. The lowest BCUT2D eigenvalue weighted by molar-refractivity contribution is -0.114. The van der Waals surface area contributed by atoms with Gasteiger partial charge in [-0.25, -0.2) is 8.42 Å². The zero-order valence-electron chi connectivity index (χ0n) is 19.5. The predicted octanol–water partition coefficient (Wildman–Crippen LogP) is 4.29. The number of hydrogen-bond donors (Lipinski definition) is 2. The molecule has 0 aliphatic rings. The van der Waals surface area contributed by atoms with Gasteiger partial charge in [0.15, 0.2) is 11.5 Å². The molecule has 1 amide bonds. The Morgan fingerprint density at radius 3 is 2.26 bits per heavy atom. The number of aryl methyl sites for hydroxylation is 1. The molecule has 0 saturated carbocycles. The molecule has 9 heteroatoms. The van der Waals surface area contributed by atoms with Crippen molar-refractivity contribution >= 4 is 27.1 Å². The molecule has 0 aliphatic carbocycles. The predicted molar refractivity (Wildman–Crippen MR) is 131 cm³/mol. The van der Waals surface area contributed by atoms with Gasteiger partial charge < -0.3 is 24.8 Å². The van der Waals surface area contributed by atoms with E-state index < -0.39 is 9.84 Å². The largest absolute Gasteiger partial charge is 0.494 e. The third-order valence-electron chi connectivity index (χ3n) is 4.99. The lowest BCUT2D eigenvalue weighted by Crippen LogP contribution is -2.22. The average molecular weight is 485 g/mol. The molecule has 0 radical (unpaired) electrons. The summed E-state index contributed by atoms with van der Waals surface area (Å²) in [6, 6.07) is 16.3. The molecule has 3 aromatic rings. The molecule has 180 valence electrons. The number of hydrogen-bond acceptors (Lipinski definition) is 7. The van der Waals surface area contributed by atoms with Crippen LogP contribution in [0.1, 0.15) is 12.5 Å². The molecule has 0 heterocycles. The van der Waals surface area contributed by atoms with Crippen LogP contribution in [0.25, 0.3) is 0 Å². The standard InChI is InChI=1S/C25H28N2O6S/c1-5-33-19-9-12-21(24(15-19)34(29,30)20-10-6-17(2)7-11-20)26-16-25(28)27-18-8-13-22(31-3)23(14-18)32-4/h6-15,26H,5,16H2,1-4H3,(H,27,28). The van der Waals surface area contributed by atoms with E-state index in [-0.39, 0.29) is 22.2 Å². The first-order valence-electron chi connectivity index (χ1n) is 10.6. The number of methoxy groups -OCH3 is 2. The third-order valence-corrected chi connectivity index (χ3v) is 6.80. The van der Waals surface area contributed by atoms with Crippen LogP contribution in [-0.4, -0.2) is 41.7 Å². The van der Waals surface area contributed by atoms with Gasteiger partial charge in [-0.1, -0.05) is 17.7 Å². The molecule has 34 heavy (non-hydrogen) atoms. The Hall–Kier alpha value is -3.72. The molecular formula is C25H28N2O6S. The molecule has 0 saturated heterocycles. The topological polar surface area (TPSA) is 103 Å². The molecule has 2 N–H and O–H groups in total. The van der Waals surface area contributed by atoms with Crippen molar-refractivity contribution in [3.05, 3.63) is 66.2 Å². The second-order valence-corrected chi connectivity index (χ2v) is 9.30. The van der Waals surface area contributed by atoms with E-state index in [4.69, 9.17) is 14.2 Å². The van der Waals surface area contributed by atoms with E-state index in [9.17, 15) is 13.2 Å². The number of nitrogens with one attached hydrogen (secondary N) is 2. The Morgan fingerprint density at radius 1 is 0.912 bits per heavy atom. The highest BCUT2D eigenvalue weighted by molar-refractivity contribution is 7.91. The molecule has 0 atom stereocenters. The summed E-state index contributed by atoms with van der Waals surface area (Å²) in [6.45, 7) is 3.94. The zero-order chi connectivity index (χ0) is 24.7. The minimum atomic E-state index is -3.86. The first-order valence-corrected chi connectivity index (χ1v) is 12.1. The summed E-state index contributed by atoms with van der Waals surface area (Å²) in [4.78, 5) is 12.7. The fraction of sp³-hybridized carbons (Fsp3) is 0.240. The van der Waals surface area contributed by atoms with Crippen molar-refractivity contribution < 1.29 is 27.4 Å². The minimum Gasteiger partial charge on any atom is -0.494 e. The number of sulfone groups is 1. The van der Waals surface area contributed by atoms with Crippen molar-refractivity contribution in [2.75, 3.05) is 38.0 Å². The molecule has 0 spiro atoms. The first kappa shape index (κ1) is 24.9. The maximum Gasteiger partial charge on any atom is 0.243 e. The van der Waals surface area contributed by atoms with Crippen molar-refractivity contribution in [3.63, 3.8) is 0 Å². The molecule has 3 rings (SSSR count). The van der Waals surface area contributed by atoms with Crippen molar-refractivity contribution in [2.45, 2.75) is 23.6 Å². The summed E-state index contributed by atoms with van der Waals surface area (Å²) in [5, 5.41) is 5.69. The second-order valence-electron chi connectivity index (χ2n) is 7.38. The minimum absolute atomic E-state index is 0.0289. The van der Waals surface area contributed by atoms with Gasteiger partial charge in [0.05, 0.1) is 42.8 Å². The van der Waals surface area contributed by atoms with Crippen LogP contribution in [-0.2, 0) is 14.6 Å². The molecule has 0 unspecified atom stereocenters. The molecule has 8 nitrogen and oxygen atoms in total. The Balaban J connectivity index is 1.83. The molecule has 0 aliphatic heterocycles. The maximum absolute atomic E-state index is 13.4. The van der Waals surface area contributed by atoms with Gasteiger partial charge in [-0.2, -0.15) is 0 Å². The zero-order valence-corrected chi connectivity index (χ0v) is 20.4. The van der Waals surface area contributed by atoms with Crippen LogP contribution in [0.2, 0.25) is 0 Å².